The second kappa shape index (κ2) is 9.04. The van der Waals surface area contributed by atoms with Crippen molar-refractivity contribution in [2.24, 2.45) is 0 Å². The Hall–Kier alpha value is -2.70. The average molecular weight is 482 g/mol. The van der Waals surface area contributed by atoms with Crippen LogP contribution in [-0.2, 0) is 27.6 Å². The van der Waals surface area contributed by atoms with Crippen LogP contribution < -0.4 is 9.46 Å². The van der Waals surface area contributed by atoms with Crippen molar-refractivity contribution in [3.05, 3.63) is 44.3 Å². The van der Waals surface area contributed by atoms with Gasteiger partial charge in [-0.3, -0.25) is 19.6 Å². The number of benzene rings is 1. The fraction of sp³-hybridized carbons (Fsp3) is 0.450. The first-order valence-corrected chi connectivity index (χ1v) is 12.5. The van der Waals surface area contributed by atoms with Gasteiger partial charge < -0.3 is 14.4 Å². The van der Waals surface area contributed by atoms with E-state index in [9.17, 15) is 23.3 Å². The van der Waals surface area contributed by atoms with Crippen LogP contribution in [0.1, 0.15) is 33.6 Å². The van der Waals surface area contributed by atoms with E-state index < -0.39 is 20.6 Å². The van der Waals surface area contributed by atoms with Crippen LogP contribution in [0.5, 0.6) is 5.75 Å². The standard InChI is InChI=1S/C20H23N3O7S2/c1-29-16-7-6-13(12-15(16)23(25)26)32(27,28)21-19-18(14-4-2-3-5-17(14)31-19)20(24)22-8-10-30-11-9-22/h6-7,12,21H,2-5,8-11H2,1H3. The lowest BCUT2D eigenvalue weighted by molar-refractivity contribution is -0.386. The Morgan fingerprint density at radius 1 is 1.25 bits per heavy atom. The van der Waals surface area contributed by atoms with E-state index in [4.69, 9.17) is 9.47 Å². The van der Waals surface area contributed by atoms with Crippen molar-refractivity contribution in [2.75, 3.05) is 38.1 Å². The van der Waals surface area contributed by atoms with E-state index in [1.54, 1.807) is 4.90 Å². The van der Waals surface area contributed by atoms with Crippen LogP contribution in [0.25, 0.3) is 0 Å². The number of methoxy groups -OCH3 is 1. The van der Waals surface area contributed by atoms with Gasteiger partial charge in [0.05, 0.1) is 35.7 Å². The highest BCUT2D eigenvalue weighted by Crippen LogP contribution is 2.40. The molecule has 172 valence electrons. The molecule has 1 aromatic carbocycles. The van der Waals surface area contributed by atoms with E-state index in [0.29, 0.717) is 38.3 Å². The van der Waals surface area contributed by atoms with Gasteiger partial charge in [0.25, 0.3) is 15.9 Å². The summed E-state index contributed by atoms with van der Waals surface area (Å²) in [5.74, 6) is -0.255. The quantitative estimate of drug-likeness (QED) is 0.496. The average Bonchev–Trinajstić information content (AvgIpc) is 3.15. The Morgan fingerprint density at radius 3 is 2.66 bits per heavy atom. The van der Waals surface area contributed by atoms with Crippen LogP contribution in [0.2, 0.25) is 0 Å². The third-order valence-electron chi connectivity index (χ3n) is 5.57. The summed E-state index contributed by atoms with van der Waals surface area (Å²) in [5.41, 5.74) is 0.833. The summed E-state index contributed by atoms with van der Waals surface area (Å²) in [6.07, 6.45) is 3.42. The molecule has 1 fully saturated rings. The lowest BCUT2D eigenvalue weighted by Crippen LogP contribution is -2.41. The first-order valence-electron chi connectivity index (χ1n) is 10.2. The molecule has 0 radical (unpaired) electrons. The van der Waals surface area contributed by atoms with Crippen molar-refractivity contribution >= 4 is 38.0 Å². The highest BCUT2D eigenvalue weighted by Gasteiger charge is 2.32. The van der Waals surface area contributed by atoms with Crippen molar-refractivity contribution in [3.63, 3.8) is 0 Å². The predicted octanol–water partition coefficient (Wildman–Crippen LogP) is 2.82. The molecule has 1 N–H and O–H groups in total. The lowest BCUT2D eigenvalue weighted by atomic mass is 9.95. The molecule has 10 nitrogen and oxygen atoms in total. The molecule has 12 heteroatoms. The third-order valence-corrected chi connectivity index (χ3v) is 8.25. The summed E-state index contributed by atoms with van der Waals surface area (Å²) in [4.78, 5) is 26.4. The number of rotatable bonds is 6. The maximum Gasteiger partial charge on any atom is 0.312 e. The molecule has 0 unspecified atom stereocenters. The molecule has 0 bridgehead atoms. The van der Waals surface area contributed by atoms with E-state index in [1.165, 1.54) is 30.6 Å². The molecule has 2 heterocycles. The van der Waals surface area contributed by atoms with Crippen molar-refractivity contribution in [1.82, 2.24) is 4.90 Å². The fourth-order valence-corrected chi connectivity index (χ4v) is 6.56. The number of thiophene rings is 1. The van der Waals surface area contributed by atoms with Crippen LogP contribution in [0.15, 0.2) is 23.1 Å². The van der Waals surface area contributed by atoms with Crippen molar-refractivity contribution in [3.8, 4) is 5.75 Å². The molecule has 1 aliphatic carbocycles. The van der Waals surface area contributed by atoms with E-state index in [2.05, 4.69) is 4.72 Å². The van der Waals surface area contributed by atoms with Crippen LogP contribution in [0, 0.1) is 10.1 Å². The molecule has 1 aliphatic heterocycles. The first-order chi connectivity index (χ1) is 15.3. The molecule has 0 spiro atoms. The van der Waals surface area contributed by atoms with Gasteiger partial charge in [0.1, 0.15) is 5.00 Å². The first kappa shape index (κ1) is 22.5. The molecule has 32 heavy (non-hydrogen) atoms. The fourth-order valence-electron chi connectivity index (χ4n) is 3.95. The molecule has 4 rings (SSSR count). The number of carbonyl (C=O) groups excluding carboxylic acids is 1. The Bertz CT molecular complexity index is 1150. The van der Waals surface area contributed by atoms with Gasteiger partial charge >= 0.3 is 5.69 Å². The van der Waals surface area contributed by atoms with Crippen LogP contribution in [-0.4, -0.2) is 57.6 Å². The zero-order chi connectivity index (χ0) is 22.9. The topological polar surface area (TPSA) is 128 Å². The van der Waals surface area contributed by atoms with Gasteiger partial charge in [0.2, 0.25) is 0 Å². The zero-order valence-electron chi connectivity index (χ0n) is 17.5. The van der Waals surface area contributed by atoms with Crippen LogP contribution in [0.3, 0.4) is 0 Å². The second-order valence-corrected chi connectivity index (χ2v) is 10.3. The van der Waals surface area contributed by atoms with E-state index in [-0.39, 0.29) is 21.6 Å². The van der Waals surface area contributed by atoms with E-state index in [1.807, 2.05) is 0 Å². The van der Waals surface area contributed by atoms with Gasteiger partial charge in [0.15, 0.2) is 5.75 Å². The maximum absolute atomic E-state index is 13.3. The molecule has 0 atom stereocenters. The number of anilines is 1. The number of amides is 1. The number of fused-ring (bicyclic) bond motifs is 1. The highest BCUT2D eigenvalue weighted by molar-refractivity contribution is 7.93. The molecule has 1 amide bonds. The molecule has 2 aliphatic rings. The number of nitro groups is 1. The Labute approximate surface area is 189 Å². The van der Waals surface area contributed by atoms with Crippen LogP contribution >= 0.6 is 11.3 Å². The smallest absolute Gasteiger partial charge is 0.312 e. The maximum atomic E-state index is 13.3. The Kier molecular flexibility index (Phi) is 6.35. The van der Waals surface area contributed by atoms with Gasteiger partial charge in [0, 0.05) is 24.0 Å². The van der Waals surface area contributed by atoms with E-state index in [0.717, 1.165) is 35.8 Å². The number of ether oxygens (including phenoxy) is 2. The zero-order valence-corrected chi connectivity index (χ0v) is 19.1. The van der Waals surface area contributed by atoms with Gasteiger partial charge in [-0.1, -0.05) is 0 Å². The van der Waals surface area contributed by atoms with Gasteiger partial charge in [-0.25, -0.2) is 8.42 Å². The SMILES string of the molecule is COc1ccc(S(=O)(=O)Nc2sc3c(c2C(=O)N2CCOCC2)CCCC3)cc1[N+](=O)[O-]. The number of aryl methyl sites for hydroxylation is 1. The Balaban J connectivity index is 1.72. The number of hydrogen-bond acceptors (Lipinski definition) is 8. The molecular weight excluding hydrogens is 458 g/mol. The number of hydrogen-bond donors (Lipinski definition) is 1. The second-order valence-electron chi connectivity index (χ2n) is 7.52. The van der Waals surface area contributed by atoms with Crippen molar-refractivity contribution < 1.29 is 27.6 Å². The Morgan fingerprint density at radius 2 is 1.97 bits per heavy atom. The molecule has 2 aromatic rings. The minimum absolute atomic E-state index is 0.0382. The van der Waals surface area contributed by atoms with Crippen molar-refractivity contribution in [2.45, 2.75) is 30.6 Å². The number of nitro benzene ring substituents is 1. The number of nitrogens with one attached hydrogen (secondary N) is 1. The lowest BCUT2D eigenvalue weighted by Gasteiger charge is -2.27. The van der Waals surface area contributed by atoms with E-state index >= 15 is 0 Å². The minimum atomic E-state index is -4.18. The van der Waals surface area contributed by atoms with Crippen LogP contribution in [0.4, 0.5) is 10.7 Å². The summed E-state index contributed by atoms with van der Waals surface area (Å²) in [5, 5.41) is 11.6. The number of sulfonamides is 1. The van der Waals surface area contributed by atoms with Gasteiger partial charge in [-0.15, -0.1) is 11.3 Å². The van der Waals surface area contributed by atoms with Gasteiger partial charge in [-0.2, -0.15) is 0 Å². The van der Waals surface area contributed by atoms with Gasteiger partial charge in [-0.05, 0) is 43.4 Å². The number of morpholine rings is 1. The largest absolute Gasteiger partial charge is 0.490 e. The molecule has 1 aromatic heterocycles. The molecule has 1 saturated heterocycles. The number of carbonyl (C=O) groups is 1. The minimum Gasteiger partial charge on any atom is -0.490 e. The third kappa shape index (κ3) is 4.30. The molecule has 0 saturated carbocycles. The summed E-state index contributed by atoms with van der Waals surface area (Å²) in [6, 6.07) is 3.44. The summed E-state index contributed by atoms with van der Waals surface area (Å²) < 4.78 is 39.1. The molecular formula is C20H23N3O7S2. The monoisotopic (exact) mass is 481 g/mol. The normalized spacial score (nSPS) is 16.3. The summed E-state index contributed by atoms with van der Waals surface area (Å²) in [7, 11) is -2.90. The summed E-state index contributed by atoms with van der Waals surface area (Å²) in [6.45, 7) is 1.77. The predicted molar refractivity (Wildman–Crippen MR) is 118 cm³/mol. The van der Waals surface area contributed by atoms with Crippen molar-refractivity contribution in [1.29, 1.82) is 0 Å². The summed E-state index contributed by atoms with van der Waals surface area (Å²) >= 11 is 1.27. The highest BCUT2D eigenvalue weighted by atomic mass is 32.2. The number of nitrogens with zero attached hydrogens (tertiary/aromatic N) is 2.